The first kappa shape index (κ1) is 12.1. The van der Waals surface area contributed by atoms with Crippen LogP contribution in [0.2, 0.25) is 0 Å². The van der Waals surface area contributed by atoms with Crippen molar-refractivity contribution in [3.63, 3.8) is 0 Å². The van der Waals surface area contributed by atoms with E-state index in [2.05, 4.69) is 11.8 Å². The Kier molecular flexibility index (Phi) is 3.57. The van der Waals surface area contributed by atoms with Gasteiger partial charge in [0.2, 0.25) is 0 Å². The second-order valence-electron chi connectivity index (χ2n) is 4.34. The predicted octanol–water partition coefficient (Wildman–Crippen LogP) is 1.96. The van der Waals surface area contributed by atoms with Crippen molar-refractivity contribution in [1.82, 2.24) is 0 Å². The van der Waals surface area contributed by atoms with Gasteiger partial charge in [-0.25, -0.2) is 4.79 Å². The minimum absolute atomic E-state index is 0.520. The molecule has 0 fully saturated rings. The van der Waals surface area contributed by atoms with Crippen molar-refractivity contribution in [1.29, 1.82) is 0 Å². The normalized spacial score (nSPS) is 10.2. The van der Waals surface area contributed by atoms with Gasteiger partial charge in [0.1, 0.15) is 5.60 Å². The molecule has 0 aliphatic heterocycles. The van der Waals surface area contributed by atoms with E-state index in [4.69, 9.17) is 10.5 Å². The molecule has 0 atom stereocenters. The maximum absolute atomic E-state index is 11.3. The average Bonchev–Trinajstić information content (AvgIpc) is 2.14. The van der Waals surface area contributed by atoms with E-state index in [9.17, 15) is 4.79 Å². The number of anilines is 1. The van der Waals surface area contributed by atoms with Crippen molar-refractivity contribution < 1.29 is 9.53 Å². The number of nitrogens with two attached hydrogens (primary N) is 1. The fourth-order valence-corrected chi connectivity index (χ4v) is 1.03. The first-order valence-electron chi connectivity index (χ1n) is 4.98. The van der Waals surface area contributed by atoms with E-state index < -0.39 is 11.6 Å². The highest BCUT2D eigenvalue weighted by Gasteiger charge is 2.14. The third-order valence-corrected chi connectivity index (χ3v) is 1.66. The molecule has 3 heteroatoms. The molecule has 0 aliphatic carbocycles. The summed E-state index contributed by atoms with van der Waals surface area (Å²) in [4.78, 5) is 11.3. The van der Waals surface area contributed by atoms with Gasteiger partial charge in [-0.15, -0.1) is 0 Å². The van der Waals surface area contributed by atoms with Crippen LogP contribution in [0, 0.1) is 11.8 Å². The van der Waals surface area contributed by atoms with Crippen molar-refractivity contribution in [2.75, 3.05) is 5.73 Å². The van der Waals surface area contributed by atoms with E-state index in [1.54, 1.807) is 32.9 Å². The van der Waals surface area contributed by atoms with Gasteiger partial charge in [-0.1, -0.05) is 18.1 Å². The van der Waals surface area contributed by atoms with Gasteiger partial charge in [0, 0.05) is 17.2 Å². The smallest absolute Gasteiger partial charge is 0.385 e. The standard InChI is InChI=1S/C13H15NO2/c1-13(2,3)16-12(15)9-8-10-6-4-5-7-11(10)14/h4-7H,14H2,1-3H3. The number of rotatable bonds is 0. The van der Waals surface area contributed by atoms with Crippen molar-refractivity contribution in [3.8, 4) is 11.8 Å². The van der Waals surface area contributed by atoms with Crippen LogP contribution in [0.25, 0.3) is 0 Å². The van der Waals surface area contributed by atoms with Crippen LogP contribution in [0.4, 0.5) is 5.69 Å². The average molecular weight is 217 g/mol. The highest BCUT2D eigenvalue weighted by atomic mass is 16.6. The van der Waals surface area contributed by atoms with E-state index in [1.165, 1.54) is 0 Å². The van der Waals surface area contributed by atoms with Crippen LogP contribution in [-0.2, 0) is 9.53 Å². The minimum Gasteiger partial charge on any atom is -0.450 e. The maximum Gasteiger partial charge on any atom is 0.385 e. The van der Waals surface area contributed by atoms with Gasteiger partial charge in [0.15, 0.2) is 0 Å². The third-order valence-electron chi connectivity index (χ3n) is 1.66. The van der Waals surface area contributed by atoms with Crippen LogP contribution in [-0.4, -0.2) is 11.6 Å². The zero-order chi connectivity index (χ0) is 12.2. The van der Waals surface area contributed by atoms with E-state index in [0.29, 0.717) is 11.3 Å². The lowest BCUT2D eigenvalue weighted by Crippen LogP contribution is -2.22. The first-order chi connectivity index (χ1) is 7.38. The lowest BCUT2D eigenvalue weighted by atomic mass is 10.2. The Morgan fingerprint density at radius 3 is 2.50 bits per heavy atom. The zero-order valence-electron chi connectivity index (χ0n) is 9.70. The predicted molar refractivity (Wildman–Crippen MR) is 63.6 cm³/mol. The topological polar surface area (TPSA) is 52.3 Å². The summed E-state index contributed by atoms with van der Waals surface area (Å²) in [6, 6.07) is 7.12. The molecule has 0 spiro atoms. The van der Waals surface area contributed by atoms with Crippen LogP contribution < -0.4 is 5.73 Å². The summed E-state index contributed by atoms with van der Waals surface area (Å²) >= 11 is 0. The summed E-state index contributed by atoms with van der Waals surface area (Å²) < 4.78 is 5.05. The van der Waals surface area contributed by atoms with E-state index >= 15 is 0 Å². The summed E-state index contributed by atoms with van der Waals surface area (Å²) in [5.41, 5.74) is 6.35. The van der Waals surface area contributed by atoms with Gasteiger partial charge in [-0.3, -0.25) is 0 Å². The lowest BCUT2D eigenvalue weighted by Gasteiger charge is -2.16. The number of benzene rings is 1. The molecule has 0 aliphatic rings. The zero-order valence-corrected chi connectivity index (χ0v) is 9.70. The first-order valence-corrected chi connectivity index (χ1v) is 4.98. The number of carbonyl (C=O) groups is 1. The number of hydrogen-bond acceptors (Lipinski definition) is 3. The van der Waals surface area contributed by atoms with Crippen LogP contribution in [0.1, 0.15) is 26.3 Å². The number of para-hydroxylation sites is 1. The number of esters is 1. The van der Waals surface area contributed by atoms with Crippen LogP contribution in [0.3, 0.4) is 0 Å². The highest BCUT2D eigenvalue weighted by molar-refractivity contribution is 5.89. The summed E-state index contributed by atoms with van der Waals surface area (Å²) in [5.74, 6) is 4.55. The van der Waals surface area contributed by atoms with Crippen LogP contribution in [0.15, 0.2) is 24.3 Å². The Bertz CT molecular complexity index is 447. The number of ether oxygens (including phenoxy) is 1. The summed E-state index contributed by atoms with van der Waals surface area (Å²) in [5, 5.41) is 0. The molecule has 2 N–H and O–H groups in total. The van der Waals surface area contributed by atoms with Crippen LogP contribution in [0.5, 0.6) is 0 Å². The van der Waals surface area contributed by atoms with Gasteiger partial charge in [-0.2, -0.15) is 0 Å². The minimum atomic E-state index is -0.546. The monoisotopic (exact) mass is 217 g/mol. The third kappa shape index (κ3) is 4.05. The second-order valence-corrected chi connectivity index (χ2v) is 4.34. The Balaban J connectivity index is 2.76. The SMILES string of the molecule is CC(C)(C)OC(=O)C#Cc1ccccc1N. The molecule has 0 amide bonds. The Morgan fingerprint density at radius 1 is 1.31 bits per heavy atom. The van der Waals surface area contributed by atoms with Gasteiger partial charge >= 0.3 is 5.97 Å². The molecule has 3 nitrogen and oxygen atoms in total. The quantitative estimate of drug-likeness (QED) is 0.410. The molecule has 84 valence electrons. The Labute approximate surface area is 95.6 Å². The van der Waals surface area contributed by atoms with E-state index in [-0.39, 0.29) is 0 Å². The largest absolute Gasteiger partial charge is 0.450 e. The number of hydrogen-bond donors (Lipinski definition) is 1. The molecular formula is C13H15NO2. The molecule has 1 aromatic carbocycles. The molecular weight excluding hydrogens is 202 g/mol. The van der Waals surface area contributed by atoms with Crippen molar-refractivity contribution in [2.24, 2.45) is 0 Å². The van der Waals surface area contributed by atoms with E-state index in [0.717, 1.165) is 0 Å². The van der Waals surface area contributed by atoms with E-state index in [1.807, 2.05) is 12.1 Å². The molecule has 0 saturated carbocycles. The molecule has 0 bridgehead atoms. The number of carbonyl (C=O) groups excluding carboxylic acids is 1. The van der Waals surface area contributed by atoms with Crippen molar-refractivity contribution >= 4 is 11.7 Å². The summed E-state index contributed by atoms with van der Waals surface area (Å²) in [6.45, 7) is 5.39. The second kappa shape index (κ2) is 4.71. The van der Waals surface area contributed by atoms with Crippen molar-refractivity contribution in [2.45, 2.75) is 26.4 Å². The fourth-order valence-electron chi connectivity index (χ4n) is 1.03. The highest BCUT2D eigenvalue weighted by Crippen LogP contribution is 2.09. The lowest BCUT2D eigenvalue weighted by molar-refractivity contribution is -0.147. The fraction of sp³-hybridized carbons (Fsp3) is 0.308. The molecule has 16 heavy (non-hydrogen) atoms. The molecule has 0 saturated heterocycles. The maximum atomic E-state index is 11.3. The molecule has 0 radical (unpaired) electrons. The van der Waals surface area contributed by atoms with Gasteiger partial charge < -0.3 is 10.5 Å². The number of nitrogen functional groups attached to an aromatic ring is 1. The molecule has 0 aromatic heterocycles. The molecule has 1 aromatic rings. The summed E-state index contributed by atoms with van der Waals surface area (Å²) in [7, 11) is 0. The molecule has 0 unspecified atom stereocenters. The van der Waals surface area contributed by atoms with Gasteiger partial charge in [0.25, 0.3) is 0 Å². The Morgan fingerprint density at radius 2 is 1.94 bits per heavy atom. The Hall–Kier alpha value is -1.95. The van der Waals surface area contributed by atoms with Crippen molar-refractivity contribution in [3.05, 3.63) is 29.8 Å². The molecule has 1 rings (SSSR count). The van der Waals surface area contributed by atoms with Crippen LogP contribution >= 0.6 is 0 Å². The van der Waals surface area contributed by atoms with Gasteiger partial charge in [-0.05, 0) is 32.9 Å². The summed E-state index contributed by atoms with van der Waals surface area (Å²) in [6.07, 6.45) is 0. The van der Waals surface area contributed by atoms with Gasteiger partial charge in [0.05, 0.1) is 0 Å². The molecule has 0 heterocycles.